The van der Waals surface area contributed by atoms with Gasteiger partial charge in [0.1, 0.15) is 0 Å². The number of morpholine rings is 1. The minimum absolute atomic E-state index is 0.0391. The Morgan fingerprint density at radius 2 is 1.91 bits per heavy atom. The van der Waals surface area contributed by atoms with Gasteiger partial charge in [0.05, 0.1) is 19.6 Å². The number of rotatable bonds is 5. The largest absolute Gasteiger partial charge is 0.379 e. The van der Waals surface area contributed by atoms with Gasteiger partial charge in [-0.2, -0.15) is 0 Å². The van der Waals surface area contributed by atoms with Gasteiger partial charge < -0.3 is 10.1 Å². The van der Waals surface area contributed by atoms with E-state index in [0.29, 0.717) is 13.0 Å². The third-order valence-electron chi connectivity index (χ3n) is 4.52. The lowest BCUT2D eigenvalue weighted by molar-refractivity contribution is -0.121. The van der Waals surface area contributed by atoms with E-state index in [-0.39, 0.29) is 11.4 Å². The molecule has 0 spiro atoms. The van der Waals surface area contributed by atoms with E-state index < -0.39 is 0 Å². The molecular formula is C18H28N2O2. The Morgan fingerprint density at radius 3 is 2.55 bits per heavy atom. The highest BCUT2D eigenvalue weighted by Gasteiger charge is 2.28. The van der Waals surface area contributed by atoms with E-state index in [1.54, 1.807) is 0 Å². The van der Waals surface area contributed by atoms with Crippen molar-refractivity contribution in [2.24, 2.45) is 0 Å². The summed E-state index contributed by atoms with van der Waals surface area (Å²) in [4.78, 5) is 14.6. The normalized spacial score (nSPS) is 16.5. The van der Waals surface area contributed by atoms with E-state index in [2.05, 4.69) is 50.0 Å². The number of hydrogen-bond donors (Lipinski definition) is 1. The third kappa shape index (κ3) is 4.55. The van der Waals surface area contributed by atoms with E-state index in [1.165, 1.54) is 11.1 Å². The Kier molecular flexibility index (Phi) is 5.59. The van der Waals surface area contributed by atoms with Crippen molar-refractivity contribution in [2.75, 3.05) is 32.8 Å². The lowest BCUT2D eigenvalue weighted by Crippen LogP contribution is -2.55. The van der Waals surface area contributed by atoms with Crippen molar-refractivity contribution in [1.29, 1.82) is 0 Å². The first-order valence-electron chi connectivity index (χ1n) is 8.04. The number of aryl methyl sites for hydroxylation is 2. The second-order valence-corrected chi connectivity index (χ2v) is 6.78. The van der Waals surface area contributed by atoms with Crippen LogP contribution in [0.5, 0.6) is 0 Å². The monoisotopic (exact) mass is 304 g/mol. The molecule has 1 aromatic rings. The van der Waals surface area contributed by atoms with Crippen LogP contribution in [0.3, 0.4) is 0 Å². The minimum atomic E-state index is -0.0391. The fourth-order valence-electron chi connectivity index (χ4n) is 2.76. The molecule has 0 aromatic heterocycles. The summed E-state index contributed by atoms with van der Waals surface area (Å²) in [5.74, 6) is 0.0876. The van der Waals surface area contributed by atoms with E-state index in [9.17, 15) is 4.79 Å². The smallest absolute Gasteiger partial charge is 0.224 e. The molecule has 1 aromatic carbocycles. The Bertz CT molecular complexity index is 520. The number of ether oxygens (including phenoxy) is 1. The molecule has 1 fully saturated rings. The number of amides is 1. The zero-order chi connectivity index (χ0) is 16.2. The molecule has 0 radical (unpaired) electrons. The molecule has 1 aliphatic rings. The van der Waals surface area contributed by atoms with E-state index >= 15 is 0 Å². The summed E-state index contributed by atoms with van der Waals surface area (Å²) < 4.78 is 5.39. The maximum atomic E-state index is 12.2. The lowest BCUT2D eigenvalue weighted by atomic mass is 10.0. The molecule has 1 saturated heterocycles. The first-order valence-corrected chi connectivity index (χ1v) is 8.04. The highest BCUT2D eigenvalue weighted by molar-refractivity contribution is 5.78. The Hall–Kier alpha value is -1.39. The van der Waals surface area contributed by atoms with Gasteiger partial charge in [0.25, 0.3) is 0 Å². The molecule has 4 nitrogen and oxygen atoms in total. The number of nitrogens with zero attached hydrogens (tertiary/aromatic N) is 1. The summed E-state index contributed by atoms with van der Waals surface area (Å²) in [5.41, 5.74) is 3.53. The predicted octanol–water partition coefficient (Wildman–Crippen LogP) is 2.07. The number of nitrogens with one attached hydrogen (secondary N) is 1. The van der Waals surface area contributed by atoms with Gasteiger partial charge in [-0.15, -0.1) is 0 Å². The van der Waals surface area contributed by atoms with Crippen LogP contribution in [0.4, 0.5) is 0 Å². The van der Waals surface area contributed by atoms with Gasteiger partial charge in [-0.3, -0.25) is 9.69 Å². The Morgan fingerprint density at radius 1 is 1.23 bits per heavy atom. The molecule has 0 atom stereocenters. The molecule has 4 heteroatoms. The minimum Gasteiger partial charge on any atom is -0.379 e. The second-order valence-electron chi connectivity index (χ2n) is 6.78. The molecular weight excluding hydrogens is 276 g/mol. The van der Waals surface area contributed by atoms with Gasteiger partial charge >= 0.3 is 0 Å². The zero-order valence-corrected chi connectivity index (χ0v) is 14.2. The molecule has 2 rings (SSSR count). The topological polar surface area (TPSA) is 41.6 Å². The zero-order valence-electron chi connectivity index (χ0n) is 14.2. The summed E-state index contributed by atoms with van der Waals surface area (Å²) in [6.45, 7) is 12.6. The number of carbonyl (C=O) groups excluding carboxylic acids is 1. The van der Waals surface area contributed by atoms with Crippen LogP contribution in [0, 0.1) is 13.8 Å². The van der Waals surface area contributed by atoms with Gasteiger partial charge in [-0.05, 0) is 44.4 Å². The number of hydrogen-bond acceptors (Lipinski definition) is 3. The average Bonchev–Trinajstić information content (AvgIpc) is 2.50. The van der Waals surface area contributed by atoms with Crippen LogP contribution in [0.1, 0.15) is 30.5 Å². The van der Waals surface area contributed by atoms with Crippen LogP contribution in [0.25, 0.3) is 0 Å². The van der Waals surface area contributed by atoms with Crippen molar-refractivity contribution >= 4 is 5.91 Å². The van der Waals surface area contributed by atoms with Crippen LogP contribution in [0.2, 0.25) is 0 Å². The average molecular weight is 304 g/mol. The van der Waals surface area contributed by atoms with Crippen molar-refractivity contribution in [3.63, 3.8) is 0 Å². The van der Waals surface area contributed by atoms with Crippen molar-refractivity contribution in [3.8, 4) is 0 Å². The summed E-state index contributed by atoms with van der Waals surface area (Å²) in [6.07, 6.45) is 0.445. The summed E-state index contributed by atoms with van der Waals surface area (Å²) in [7, 11) is 0. The van der Waals surface area contributed by atoms with Gasteiger partial charge in [-0.25, -0.2) is 0 Å². The van der Waals surface area contributed by atoms with Crippen molar-refractivity contribution in [1.82, 2.24) is 10.2 Å². The molecule has 1 aliphatic heterocycles. The van der Waals surface area contributed by atoms with E-state index in [4.69, 9.17) is 4.74 Å². The summed E-state index contributed by atoms with van der Waals surface area (Å²) in [6, 6.07) is 6.21. The predicted molar refractivity (Wildman–Crippen MR) is 89.1 cm³/mol. The summed E-state index contributed by atoms with van der Waals surface area (Å²) >= 11 is 0. The van der Waals surface area contributed by atoms with Crippen molar-refractivity contribution < 1.29 is 9.53 Å². The highest BCUT2D eigenvalue weighted by Crippen LogP contribution is 2.15. The maximum Gasteiger partial charge on any atom is 0.224 e. The Labute approximate surface area is 133 Å². The van der Waals surface area contributed by atoms with Crippen LogP contribution < -0.4 is 5.32 Å². The summed E-state index contributed by atoms with van der Waals surface area (Å²) in [5, 5.41) is 3.08. The number of carbonyl (C=O) groups is 1. The molecule has 22 heavy (non-hydrogen) atoms. The van der Waals surface area contributed by atoms with Gasteiger partial charge in [-0.1, -0.05) is 18.2 Å². The fourth-order valence-corrected chi connectivity index (χ4v) is 2.76. The molecule has 1 N–H and O–H groups in total. The van der Waals surface area contributed by atoms with Crippen molar-refractivity contribution in [3.05, 3.63) is 34.9 Å². The van der Waals surface area contributed by atoms with Gasteiger partial charge in [0.15, 0.2) is 0 Å². The molecule has 0 saturated carbocycles. The number of benzene rings is 1. The molecule has 0 aliphatic carbocycles. The van der Waals surface area contributed by atoms with Crippen LogP contribution in [-0.2, 0) is 16.0 Å². The van der Waals surface area contributed by atoms with Crippen molar-refractivity contribution in [2.45, 2.75) is 39.7 Å². The molecule has 122 valence electrons. The van der Waals surface area contributed by atoms with Crippen LogP contribution >= 0.6 is 0 Å². The van der Waals surface area contributed by atoms with E-state index in [0.717, 1.165) is 31.9 Å². The van der Waals surface area contributed by atoms with Crippen LogP contribution in [-0.4, -0.2) is 49.2 Å². The molecule has 1 amide bonds. The first-order chi connectivity index (χ1) is 10.4. The standard InChI is InChI=1S/C18H28N2O2/c1-14-5-6-16(11-15(14)2)12-17(21)19-13-18(3,4)20-7-9-22-10-8-20/h5-6,11H,7-10,12-13H2,1-4H3,(H,19,21). The third-order valence-corrected chi connectivity index (χ3v) is 4.52. The van der Waals surface area contributed by atoms with Gasteiger partial charge in [0.2, 0.25) is 5.91 Å². The quantitative estimate of drug-likeness (QED) is 0.905. The highest BCUT2D eigenvalue weighted by atomic mass is 16.5. The molecule has 1 heterocycles. The SMILES string of the molecule is Cc1ccc(CC(=O)NCC(C)(C)N2CCOCC2)cc1C. The molecule has 0 unspecified atom stereocenters. The Balaban J connectivity index is 1.84. The van der Waals surface area contributed by atoms with Gasteiger partial charge in [0, 0.05) is 25.2 Å². The lowest BCUT2D eigenvalue weighted by Gasteiger charge is -2.40. The first kappa shape index (κ1) is 17.0. The maximum absolute atomic E-state index is 12.2. The molecule has 0 bridgehead atoms. The van der Waals surface area contributed by atoms with Crippen LogP contribution in [0.15, 0.2) is 18.2 Å². The fraction of sp³-hybridized carbons (Fsp3) is 0.611. The second kappa shape index (κ2) is 7.25. The van der Waals surface area contributed by atoms with E-state index in [1.807, 2.05) is 6.07 Å².